The van der Waals surface area contributed by atoms with Crippen LogP contribution in [0.15, 0.2) is 22.7 Å². The van der Waals surface area contributed by atoms with E-state index in [1.807, 2.05) is 25.1 Å². The number of carbonyl (C=O) groups is 1. The Labute approximate surface area is 106 Å². The molecular formula is C13H18BrNO. The van der Waals surface area contributed by atoms with Crippen LogP contribution in [0.4, 0.5) is 0 Å². The van der Waals surface area contributed by atoms with E-state index in [9.17, 15) is 4.79 Å². The van der Waals surface area contributed by atoms with E-state index in [0.29, 0.717) is 12.1 Å². The van der Waals surface area contributed by atoms with Gasteiger partial charge in [-0.05, 0) is 36.1 Å². The number of carbonyl (C=O) groups excluding carboxylic acids is 1. The molecule has 0 aromatic heterocycles. The van der Waals surface area contributed by atoms with E-state index in [0.717, 1.165) is 10.0 Å². The van der Waals surface area contributed by atoms with Crippen LogP contribution in [0.3, 0.4) is 0 Å². The lowest BCUT2D eigenvalue weighted by Crippen LogP contribution is -2.32. The molecule has 3 heteroatoms. The lowest BCUT2D eigenvalue weighted by atomic mass is 9.97. The first-order valence-electron chi connectivity index (χ1n) is 5.34. The van der Waals surface area contributed by atoms with Gasteiger partial charge in [0.15, 0.2) is 0 Å². The number of amides is 1. The molecule has 1 amide bonds. The largest absolute Gasteiger partial charge is 0.352 e. The number of aryl methyl sites for hydroxylation is 1. The molecular weight excluding hydrogens is 266 g/mol. The summed E-state index contributed by atoms with van der Waals surface area (Å²) in [7, 11) is 0. The first-order valence-corrected chi connectivity index (χ1v) is 6.13. The van der Waals surface area contributed by atoms with Crippen LogP contribution in [0.5, 0.6) is 0 Å². The molecule has 1 rings (SSSR count). The Balaban J connectivity index is 2.70. The van der Waals surface area contributed by atoms with Gasteiger partial charge in [0, 0.05) is 16.6 Å². The zero-order valence-corrected chi connectivity index (χ0v) is 11.8. The molecule has 0 radical (unpaired) electrons. The van der Waals surface area contributed by atoms with Gasteiger partial charge in [-0.2, -0.15) is 0 Å². The van der Waals surface area contributed by atoms with E-state index in [1.165, 1.54) is 0 Å². The van der Waals surface area contributed by atoms with Crippen LogP contribution in [0.2, 0.25) is 0 Å². The second kappa shape index (κ2) is 5.00. The number of benzene rings is 1. The highest BCUT2D eigenvalue weighted by atomic mass is 79.9. The van der Waals surface area contributed by atoms with Crippen molar-refractivity contribution in [2.24, 2.45) is 5.41 Å². The molecule has 0 bridgehead atoms. The predicted molar refractivity (Wildman–Crippen MR) is 70.7 cm³/mol. The SMILES string of the molecule is Cc1cc(C(=O)NCC(C)(C)C)ccc1Br. The number of halogens is 1. The number of hydrogen-bond acceptors (Lipinski definition) is 1. The van der Waals surface area contributed by atoms with Gasteiger partial charge < -0.3 is 5.32 Å². The van der Waals surface area contributed by atoms with E-state index in [-0.39, 0.29) is 11.3 Å². The van der Waals surface area contributed by atoms with E-state index in [2.05, 4.69) is 42.0 Å². The first kappa shape index (κ1) is 13.2. The van der Waals surface area contributed by atoms with Gasteiger partial charge in [0.05, 0.1) is 0 Å². The van der Waals surface area contributed by atoms with Crippen LogP contribution in [0.1, 0.15) is 36.7 Å². The Morgan fingerprint density at radius 1 is 1.38 bits per heavy atom. The molecule has 1 aromatic rings. The van der Waals surface area contributed by atoms with Gasteiger partial charge in [0.2, 0.25) is 0 Å². The van der Waals surface area contributed by atoms with E-state index >= 15 is 0 Å². The summed E-state index contributed by atoms with van der Waals surface area (Å²) >= 11 is 3.42. The minimum atomic E-state index is -0.00877. The normalized spacial score (nSPS) is 11.3. The van der Waals surface area contributed by atoms with Crippen molar-refractivity contribution >= 4 is 21.8 Å². The highest BCUT2D eigenvalue weighted by Crippen LogP contribution is 2.17. The third kappa shape index (κ3) is 3.97. The minimum absolute atomic E-state index is 0.00877. The van der Waals surface area contributed by atoms with E-state index < -0.39 is 0 Å². The Kier molecular flexibility index (Phi) is 4.14. The maximum Gasteiger partial charge on any atom is 0.251 e. The smallest absolute Gasteiger partial charge is 0.251 e. The highest BCUT2D eigenvalue weighted by molar-refractivity contribution is 9.10. The van der Waals surface area contributed by atoms with Gasteiger partial charge in [0.25, 0.3) is 5.91 Å². The third-order valence-corrected chi connectivity index (χ3v) is 3.09. The van der Waals surface area contributed by atoms with Crippen LogP contribution in [0.25, 0.3) is 0 Å². The second-order valence-electron chi connectivity index (χ2n) is 5.21. The molecule has 0 atom stereocenters. The monoisotopic (exact) mass is 283 g/mol. The van der Waals surface area contributed by atoms with Crippen LogP contribution in [-0.2, 0) is 0 Å². The van der Waals surface area contributed by atoms with Gasteiger partial charge in [-0.25, -0.2) is 0 Å². The average molecular weight is 284 g/mol. The van der Waals surface area contributed by atoms with Crippen molar-refractivity contribution in [1.29, 1.82) is 0 Å². The van der Waals surface area contributed by atoms with E-state index in [1.54, 1.807) is 0 Å². The standard InChI is InChI=1S/C13H18BrNO/c1-9-7-10(5-6-11(9)14)12(16)15-8-13(2,3)4/h5-7H,8H2,1-4H3,(H,15,16). The first-order chi connectivity index (χ1) is 7.29. The molecule has 0 heterocycles. The lowest BCUT2D eigenvalue weighted by molar-refractivity contribution is 0.0939. The van der Waals surface area contributed by atoms with Gasteiger partial charge in [0.1, 0.15) is 0 Å². The Bertz CT molecular complexity index is 393. The molecule has 0 aliphatic carbocycles. The number of rotatable bonds is 2. The van der Waals surface area contributed by atoms with Crippen molar-refractivity contribution < 1.29 is 4.79 Å². The number of nitrogens with one attached hydrogen (secondary N) is 1. The van der Waals surface area contributed by atoms with Crippen LogP contribution in [0, 0.1) is 12.3 Å². The molecule has 0 aliphatic heterocycles. The van der Waals surface area contributed by atoms with Crippen molar-refractivity contribution in [2.45, 2.75) is 27.7 Å². The van der Waals surface area contributed by atoms with Crippen LogP contribution < -0.4 is 5.32 Å². The second-order valence-corrected chi connectivity index (χ2v) is 6.06. The number of hydrogen-bond donors (Lipinski definition) is 1. The summed E-state index contributed by atoms with van der Waals surface area (Å²) in [6.45, 7) is 8.95. The summed E-state index contributed by atoms with van der Waals surface area (Å²) < 4.78 is 1.03. The van der Waals surface area contributed by atoms with Gasteiger partial charge >= 0.3 is 0 Å². The summed E-state index contributed by atoms with van der Waals surface area (Å²) in [5.41, 5.74) is 1.90. The molecule has 0 spiro atoms. The van der Waals surface area contributed by atoms with Crippen LogP contribution >= 0.6 is 15.9 Å². The Morgan fingerprint density at radius 3 is 2.50 bits per heavy atom. The molecule has 0 unspecified atom stereocenters. The van der Waals surface area contributed by atoms with Crippen molar-refractivity contribution in [3.05, 3.63) is 33.8 Å². The zero-order valence-electron chi connectivity index (χ0n) is 10.2. The molecule has 0 saturated carbocycles. The van der Waals surface area contributed by atoms with Crippen molar-refractivity contribution in [1.82, 2.24) is 5.32 Å². The molecule has 88 valence electrons. The van der Waals surface area contributed by atoms with Gasteiger partial charge in [-0.3, -0.25) is 4.79 Å². The molecule has 0 saturated heterocycles. The minimum Gasteiger partial charge on any atom is -0.352 e. The fraction of sp³-hybridized carbons (Fsp3) is 0.462. The summed E-state index contributed by atoms with van der Waals surface area (Å²) in [6.07, 6.45) is 0. The van der Waals surface area contributed by atoms with E-state index in [4.69, 9.17) is 0 Å². The highest BCUT2D eigenvalue weighted by Gasteiger charge is 2.13. The molecule has 0 aliphatic rings. The maximum absolute atomic E-state index is 11.8. The van der Waals surface area contributed by atoms with Gasteiger partial charge in [-0.1, -0.05) is 36.7 Å². The molecule has 1 aromatic carbocycles. The van der Waals surface area contributed by atoms with Crippen molar-refractivity contribution in [2.75, 3.05) is 6.54 Å². The lowest BCUT2D eigenvalue weighted by Gasteiger charge is -2.18. The maximum atomic E-state index is 11.8. The van der Waals surface area contributed by atoms with Gasteiger partial charge in [-0.15, -0.1) is 0 Å². The van der Waals surface area contributed by atoms with Crippen LogP contribution in [-0.4, -0.2) is 12.5 Å². The third-order valence-electron chi connectivity index (χ3n) is 2.20. The summed E-state index contributed by atoms with van der Waals surface area (Å²) in [4.78, 5) is 11.8. The van der Waals surface area contributed by atoms with Crippen molar-refractivity contribution in [3.8, 4) is 0 Å². The molecule has 16 heavy (non-hydrogen) atoms. The summed E-state index contributed by atoms with van der Waals surface area (Å²) in [5.74, 6) is -0.00877. The zero-order chi connectivity index (χ0) is 12.3. The topological polar surface area (TPSA) is 29.1 Å². The predicted octanol–water partition coefficient (Wildman–Crippen LogP) is 3.53. The average Bonchev–Trinajstić information content (AvgIpc) is 2.17. The fourth-order valence-corrected chi connectivity index (χ4v) is 1.48. The molecule has 1 N–H and O–H groups in total. The quantitative estimate of drug-likeness (QED) is 0.884. The molecule has 2 nitrogen and oxygen atoms in total. The molecule has 0 fully saturated rings. The van der Waals surface area contributed by atoms with Crippen molar-refractivity contribution in [3.63, 3.8) is 0 Å². The summed E-state index contributed by atoms with van der Waals surface area (Å²) in [5, 5.41) is 2.93. The Hall–Kier alpha value is -0.830. The summed E-state index contributed by atoms with van der Waals surface area (Å²) in [6, 6.07) is 5.62. The Morgan fingerprint density at radius 2 is 2.00 bits per heavy atom. The fourth-order valence-electron chi connectivity index (χ4n) is 1.23.